The number of carbonyl (C=O) groups is 2. The average molecular weight is 323 g/mol. The van der Waals surface area contributed by atoms with Crippen molar-refractivity contribution in [3.63, 3.8) is 0 Å². The molecule has 118 valence electrons. The van der Waals surface area contributed by atoms with Crippen LogP contribution in [0.5, 0.6) is 5.75 Å². The van der Waals surface area contributed by atoms with Crippen LogP contribution in [0.4, 0.5) is 0 Å². The number of ketones is 1. The molecule has 5 nitrogen and oxygen atoms in total. The first kappa shape index (κ1) is 16.5. The van der Waals surface area contributed by atoms with Crippen LogP contribution in [0, 0.1) is 5.41 Å². The van der Waals surface area contributed by atoms with Gasteiger partial charge in [0.15, 0.2) is 6.61 Å². The predicted molar refractivity (Wildman–Crippen MR) is 85.2 cm³/mol. The molecule has 0 unspecified atom stereocenters. The third-order valence-electron chi connectivity index (χ3n) is 3.28. The lowest BCUT2D eigenvalue weighted by atomic mass is 9.76. The van der Waals surface area contributed by atoms with Gasteiger partial charge in [0.05, 0.1) is 0 Å². The Bertz CT molecular complexity index is 594. The van der Waals surface area contributed by atoms with E-state index in [1.807, 2.05) is 13.8 Å². The van der Waals surface area contributed by atoms with Crippen molar-refractivity contribution in [2.75, 3.05) is 6.61 Å². The molecular weight excluding hydrogens is 304 g/mol. The minimum atomic E-state index is -0.363. The molecule has 1 aliphatic carbocycles. The number of benzene rings is 1. The zero-order chi connectivity index (χ0) is 16.2. The largest absolute Gasteiger partial charge is 0.484 e. The molecule has 0 heterocycles. The first-order valence-electron chi connectivity index (χ1n) is 7.08. The predicted octanol–water partition coefficient (Wildman–Crippen LogP) is 2.97. The third-order valence-corrected chi connectivity index (χ3v) is 3.53. The summed E-state index contributed by atoms with van der Waals surface area (Å²) in [4.78, 5) is 23.4. The highest BCUT2D eigenvalue weighted by molar-refractivity contribution is 6.30. The molecule has 0 saturated heterocycles. The molecule has 2 rings (SSSR count). The summed E-state index contributed by atoms with van der Waals surface area (Å²) < 4.78 is 5.32. The van der Waals surface area contributed by atoms with Crippen LogP contribution in [0.15, 0.2) is 29.4 Å². The summed E-state index contributed by atoms with van der Waals surface area (Å²) in [5.74, 6) is 0.348. The number of Topliss-reactive ketones (excluding diaryl/α,β-unsaturated/α-hetero) is 1. The lowest BCUT2D eigenvalue weighted by molar-refractivity contribution is -0.123. The average Bonchev–Trinajstić information content (AvgIpc) is 2.42. The molecule has 1 amide bonds. The Kier molecular flexibility index (Phi) is 5.19. The van der Waals surface area contributed by atoms with E-state index < -0.39 is 0 Å². The number of hydrogen-bond acceptors (Lipinski definition) is 4. The molecule has 6 heteroatoms. The molecule has 1 fully saturated rings. The highest BCUT2D eigenvalue weighted by Gasteiger charge is 2.30. The Labute approximate surface area is 134 Å². The molecule has 0 bridgehead atoms. The van der Waals surface area contributed by atoms with Crippen LogP contribution in [0.2, 0.25) is 5.02 Å². The number of halogens is 1. The first-order valence-corrected chi connectivity index (χ1v) is 7.46. The van der Waals surface area contributed by atoms with Gasteiger partial charge in [-0.25, -0.2) is 5.43 Å². The summed E-state index contributed by atoms with van der Waals surface area (Å²) in [7, 11) is 0. The van der Waals surface area contributed by atoms with Crippen LogP contribution in [-0.4, -0.2) is 24.0 Å². The maximum absolute atomic E-state index is 11.7. The quantitative estimate of drug-likeness (QED) is 0.866. The van der Waals surface area contributed by atoms with Gasteiger partial charge in [-0.2, -0.15) is 5.10 Å². The fourth-order valence-corrected chi connectivity index (χ4v) is 2.56. The van der Waals surface area contributed by atoms with E-state index in [0.717, 1.165) is 0 Å². The van der Waals surface area contributed by atoms with Crippen molar-refractivity contribution in [3.8, 4) is 5.75 Å². The zero-order valence-corrected chi connectivity index (χ0v) is 13.4. The van der Waals surface area contributed by atoms with Crippen LogP contribution < -0.4 is 10.2 Å². The molecule has 1 N–H and O–H groups in total. The van der Waals surface area contributed by atoms with E-state index in [-0.39, 0.29) is 23.7 Å². The lowest BCUT2D eigenvalue weighted by Gasteiger charge is -2.28. The van der Waals surface area contributed by atoms with Crippen LogP contribution in [0.25, 0.3) is 0 Å². The van der Waals surface area contributed by atoms with Crippen molar-refractivity contribution in [3.05, 3.63) is 29.3 Å². The number of carbonyl (C=O) groups excluding carboxylic acids is 2. The first-order chi connectivity index (χ1) is 10.3. The topological polar surface area (TPSA) is 67.8 Å². The van der Waals surface area contributed by atoms with Crippen molar-refractivity contribution in [2.45, 2.75) is 33.1 Å². The Morgan fingerprint density at radius 1 is 1.32 bits per heavy atom. The molecule has 0 aromatic heterocycles. The number of nitrogens with zero attached hydrogens (tertiary/aromatic N) is 1. The van der Waals surface area contributed by atoms with Gasteiger partial charge in [-0.3, -0.25) is 9.59 Å². The minimum Gasteiger partial charge on any atom is -0.484 e. The number of rotatable bonds is 4. The number of hydrogen-bond donors (Lipinski definition) is 1. The second kappa shape index (κ2) is 6.92. The van der Waals surface area contributed by atoms with Crippen molar-refractivity contribution in [1.82, 2.24) is 5.43 Å². The van der Waals surface area contributed by atoms with E-state index in [4.69, 9.17) is 16.3 Å². The molecular formula is C16H19ClN2O3. The van der Waals surface area contributed by atoms with Gasteiger partial charge in [-0.1, -0.05) is 25.4 Å². The van der Waals surface area contributed by atoms with Gasteiger partial charge in [-0.15, -0.1) is 0 Å². The summed E-state index contributed by atoms with van der Waals surface area (Å²) in [5, 5.41) is 4.66. The highest BCUT2D eigenvalue weighted by atomic mass is 35.5. The monoisotopic (exact) mass is 322 g/mol. The SMILES string of the molecule is CC1(C)CC(=O)C/C(=N\NC(=O)COc2ccc(Cl)cc2)C1. The summed E-state index contributed by atoms with van der Waals surface area (Å²) in [5.41, 5.74) is 3.05. The van der Waals surface area contributed by atoms with E-state index in [9.17, 15) is 9.59 Å². The van der Waals surface area contributed by atoms with Crippen LogP contribution in [0.3, 0.4) is 0 Å². The van der Waals surface area contributed by atoms with Gasteiger partial charge in [0, 0.05) is 23.6 Å². The van der Waals surface area contributed by atoms with Gasteiger partial charge in [-0.05, 0) is 36.1 Å². The number of hydrazone groups is 1. The summed E-state index contributed by atoms with van der Waals surface area (Å²) in [6, 6.07) is 6.74. The smallest absolute Gasteiger partial charge is 0.277 e. The summed E-state index contributed by atoms with van der Waals surface area (Å²) >= 11 is 5.76. The molecule has 0 atom stereocenters. The third kappa shape index (κ3) is 5.15. The second-order valence-electron chi connectivity index (χ2n) is 6.19. The fourth-order valence-electron chi connectivity index (χ4n) is 2.43. The van der Waals surface area contributed by atoms with Gasteiger partial charge >= 0.3 is 0 Å². The Morgan fingerprint density at radius 3 is 2.64 bits per heavy atom. The van der Waals surface area contributed by atoms with Crippen molar-refractivity contribution in [2.24, 2.45) is 10.5 Å². The van der Waals surface area contributed by atoms with Gasteiger partial charge in [0.2, 0.25) is 0 Å². The van der Waals surface area contributed by atoms with E-state index in [2.05, 4.69) is 10.5 Å². The Hall–Kier alpha value is -1.88. The van der Waals surface area contributed by atoms with Crippen molar-refractivity contribution >= 4 is 29.0 Å². The fraction of sp³-hybridized carbons (Fsp3) is 0.438. The number of amides is 1. The molecule has 0 radical (unpaired) electrons. The molecule has 1 aromatic rings. The normalized spacial score (nSPS) is 19.0. The number of ether oxygens (including phenoxy) is 1. The van der Waals surface area contributed by atoms with E-state index in [0.29, 0.717) is 35.7 Å². The van der Waals surface area contributed by atoms with Crippen molar-refractivity contribution < 1.29 is 14.3 Å². The summed E-state index contributed by atoms with van der Waals surface area (Å²) in [6.45, 7) is 3.89. The molecule has 1 aromatic carbocycles. The highest BCUT2D eigenvalue weighted by Crippen LogP contribution is 2.31. The molecule has 1 aliphatic rings. The molecule has 0 aliphatic heterocycles. The molecule has 22 heavy (non-hydrogen) atoms. The lowest BCUT2D eigenvalue weighted by Crippen LogP contribution is -2.32. The Balaban J connectivity index is 1.83. The van der Waals surface area contributed by atoms with E-state index >= 15 is 0 Å². The van der Waals surface area contributed by atoms with Crippen molar-refractivity contribution in [1.29, 1.82) is 0 Å². The van der Waals surface area contributed by atoms with Gasteiger partial charge in [0.1, 0.15) is 11.5 Å². The van der Waals surface area contributed by atoms with Crippen LogP contribution >= 0.6 is 11.6 Å². The van der Waals surface area contributed by atoms with E-state index in [1.165, 1.54) is 0 Å². The minimum absolute atomic E-state index is 0.0985. The molecule has 0 spiro atoms. The van der Waals surface area contributed by atoms with E-state index in [1.54, 1.807) is 24.3 Å². The standard InChI is InChI=1S/C16H19ClN2O3/c1-16(2)8-12(7-13(20)9-16)18-19-15(21)10-22-14-5-3-11(17)4-6-14/h3-6H,7-10H2,1-2H3,(H,19,21)/b18-12+. The van der Waals surface area contributed by atoms with Gasteiger partial charge < -0.3 is 4.74 Å². The zero-order valence-electron chi connectivity index (χ0n) is 12.7. The Morgan fingerprint density at radius 2 is 2.00 bits per heavy atom. The second-order valence-corrected chi connectivity index (χ2v) is 6.63. The number of nitrogens with one attached hydrogen (secondary N) is 1. The summed E-state index contributed by atoms with van der Waals surface area (Å²) in [6.07, 6.45) is 1.57. The van der Waals surface area contributed by atoms with Crippen LogP contribution in [-0.2, 0) is 9.59 Å². The molecule has 1 saturated carbocycles. The van der Waals surface area contributed by atoms with Gasteiger partial charge in [0.25, 0.3) is 5.91 Å². The maximum Gasteiger partial charge on any atom is 0.277 e. The maximum atomic E-state index is 11.7. The van der Waals surface area contributed by atoms with Crippen LogP contribution in [0.1, 0.15) is 33.1 Å².